The first-order valence-electron chi connectivity index (χ1n) is 8.28. The Labute approximate surface area is 128 Å². The quantitative estimate of drug-likeness (QED) is 0.700. The van der Waals surface area contributed by atoms with Gasteiger partial charge in [-0.1, -0.05) is 57.5 Å². The minimum Gasteiger partial charge on any atom is -0.374 e. The molecule has 0 aliphatic carbocycles. The maximum atomic E-state index is 11.0. The van der Waals surface area contributed by atoms with Crippen molar-refractivity contribution in [2.75, 3.05) is 0 Å². The minimum atomic E-state index is 0.0896. The summed E-state index contributed by atoms with van der Waals surface area (Å²) in [6.45, 7) is 6.81. The zero-order valence-electron chi connectivity index (χ0n) is 13.5. The van der Waals surface area contributed by atoms with Crippen molar-refractivity contribution >= 4 is 6.29 Å². The topological polar surface area (TPSA) is 26.3 Å². The molecule has 1 heterocycles. The van der Waals surface area contributed by atoms with E-state index < -0.39 is 0 Å². The molecule has 0 N–H and O–H groups in total. The molecule has 1 fully saturated rings. The normalized spacial score (nSPS) is 30.2. The summed E-state index contributed by atoms with van der Waals surface area (Å²) < 4.78 is 6.24. The summed E-state index contributed by atoms with van der Waals surface area (Å²) in [5.41, 5.74) is 1.35. The Morgan fingerprint density at radius 2 is 1.95 bits per heavy atom. The molecule has 0 radical (unpaired) electrons. The second-order valence-corrected chi connectivity index (χ2v) is 6.58. The third-order valence-electron chi connectivity index (χ3n) is 5.06. The predicted molar refractivity (Wildman–Crippen MR) is 86.2 cm³/mol. The van der Waals surface area contributed by atoms with E-state index in [0.29, 0.717) is 30.3 Å². The van der Waals surface area contributed by atoms with E-state index >= 15 is 0 Å². The van der Waals surface area contributed by atoms with Gasteiger partial charge in [-0.15, -0.1) is 0 Å². The molecule has 2 nitrogen and oxygen atoms in total. The molecule has 5 atom stereocenters. The van der Waals surface area contributed by atoms with Crippen LogP contribution in [-0.4, -0.2) is 18.5 Å². The van der Waals surface area contributed by atoms with Crippen LogP contribution < -0.4 is 0 Å². The largest absolute Gasteiger partial charge is 0.374 e. The van der Waals surface area contributed by atoms with Crippen molar-refractivity contribution in [2.45, 2.75) is 58.7 Å². The highest BCUT2D eigenvalue weighted by Gasteiger charge is 2.41. The van der Waals surface area contributed by atoms with Gasteiger partial charge < -0.3 is 9.53 Å². The summed E-state index contributed by atoms with van der Waals surface area (Å²) in [6.07, 6.45) is 5.25. The van der Waals surface area contributed by atoms with Gasteiger partial charge in [0.25, 0.3) is 0 Å². The van der Waals surface area contributed by atoms with Crippen LogP contribution in [0.5, 0.6) is 0 Å². The van der Waals surface area contributed by atoms with Crippen LogP contribution in [0.25, 0.3) is 0 Å². The first-order valence-corrected chi connectivity index (χ1v) is 8.28. The maximum absolute atomic E-state index is 11.0. The van der Waals surface area contributed by atoms with Gasteiger partial charge >= 0.3 is 0 Å². The Morgan fingerprint density at radius 1 is 1.24 bits per heavy atom. The summed E-state index contributed by atoms with van der Waals surface area (Å²) >= 11 is 0. The average Bonchev–Trinajstić information content (AvgIpc) is 2.77. The zero-order chi connectivity index (χ0) is 15.2. The van der Waals surface area contributed by atoms with Crippen molar-refractivity contribution in [1.29, 1.82) is 0 Å². The van der Waals surface area contributed by atoms with Gasteiger partial charge in [0.05, 0.1) is 12.2 Å². The lowest BCUT2D eigenvalue weighted by molar-refractivity contribution is -0.110. The predicted octanol–water partition coefficient (Wildman–Crippen LogP) is 4.27. The highest BCUT2D eigenvalue weighted by molar-refractivity contribution is 5.50. The molecule has 21 heavy (non-hydrogen) atoms. The van der Waals surface area contributed by atoms with Crippen LogP contribution in [-0.2, 0) is 16.0 Å². The van der Waals surface area contributed by atoms with E-state index in [9.17, 15) is 4.79 Å². The number of carbonyl (C=O) groups excluding carboxylic acids is 1. The summed E-state index contributed by atoms with van der Waals surface area (Å²) in [4.78, 5) is 11.0. The monoisotopic (exact) mass is 288 g/mol. The lowest BCUT2D eigenvalue weighted by Crippen LogP contribution is -2.23. The molecule has 116 valence electrons. The highest BCUT2D eigenvalue weighted by atomic mass is 16.5. The molecular weight excluding hydrogens is 260 g/mol. The van der Waals surface area contributed by atoms with Gasteiger partial charge in [0, 0.05) is 6.42 Å². The lowest BCUT2D eigenvalue weighted by atomic mass is 9.81. The third kappa shape index (κ3) is 4.16. The second-order valence-electron chi connectivity index (χ2n) is 6.58. The molecule has 2 rings (SSSR count). The van der Waals surface area contributed by atoms with Crippen molar-refractivity contribution in [1.82, 2.24) is 0 Å². The Bertz CT molecular complexity index is 428. The molecule has 0 bridgehead atoms. The minimum absolute atomic E-state index is 0.0896. The van der Waals surface area contributed by atoms with Gasteiger partial charge in [0.15, 0.2) is 0 Å². The van der Waals surface area contributed by atoms with E-state index in [1.54, 1.807) is 0 Å². The van der Waals surface area contributed by atoms with Crippen LogP contribution in [0, 0.1) is 17.8 Å². The van der Waals surface area contributed by atoms with Gasteiger partial charge in [-0.2, -0.15) is 0 Å². The van der Waals surface area contributed by atoms with Crippen LogP contribution in [0.4, 0.5) is 0 Å². The molecule has 1 saturated heterocycles. The molecule has 1 aliphatic heterocycles. The summed E-state index contributed by atoms with van der Waals surface area (Å²) in [7, 11) is 0. The average molecular weight is 288 g/mol. The number of hydrogen-bond acceptors (Lipinski definition) is 2. The fourth-order valence-corrected chi connectivity index (χ4v) is 3.43. The van der Waals surface area contributed by atoms with Crippen LogP contribution in [0.15, 0.2) is 30.3 Å². The molecule has 0 aromatic heterocycles. The summed E-state index contributed by atoms with van der Waals surface area (Å²) in [5, 5.41) is 0. The molecule has 1 aromatic carbocycles. The number of benzene rings is 1. The van der Waals surface area contributed by atoms with E-state index in [4.69, 9.17) is 4.74 Å². The van der Waals surface area contributed by atoms with Gasteiger partial charge in [-0.05, 0) is 36.2 Å². The Balaban J connectivity index is 2.07. The standard InChI is InChI=1S/C19H28O2/c1-4-14(2)12-19-15(3)17(18(21-19)10-11-20)13-16-8-6-5-7-9-16/h5-9,11,14-15,17-19H,4,10,12-13H2,1-3H3/t14-,15-,17-,18+,19-/m1/s1. The second kappa shape index (κ2) is 7.74. The van der Waals surface area contributed by atoms with E-state index in [1.807, 2.05) is 6.07 Å². The third-order valence-corrected chi connectivity index (χ3v) is 5.06. The molecule has 0 saturated carbocycles. The molecule has 1 aliphatic rings. The first-order chi connectivity index (χ1) is 10.2. The zero-order valence-corrected chi connectivity index (χ0v) is 13.5. The van der Waals surface area contributed by atoms with Crippen LogP contribution in [0.2, 0.25) is 0 Å². The molecule has 2 heteroatoms. The van der Waals surface area contributed by atoms with Crippen LogP contribution >= 0.6 is 0 Å². The molecule has 0 spiro atoms. The lowest BCUT2D eigenvalue weighted by Gasteiger charge is -2.21. The van der Waals surface area contributed by atoms with Gasteiger partial charge in [-0.25, -0.2) is 0 Å². The number of ether oxygens (including phenoxy) is 1. The highest BCUT2D eigenvalue weighted by Crippen LogP contribution is 2.39. The van der Waals surface area contributed by atoms with E-state index in [-0.39, 0.29) is 6.10 Å². The fraction of sp³-hybridized carbons (Fsp3) is 0.632. The first kappa shape index (κ1) is 16.2. The number of aldehydes is 1. The van der Waals surface area contributed by atoms with Crippen molar-refractivity contribution < 1.29 is 9.53 Å². The van der Waals surface area contributed by atoms with Crippen LogP contribution in [0.1, 0.15) is 45.6 Å². The molecular formula is C19H28O2. The number of rotatable bonds is 7. The molecule has 0 unspecified atom stereocenters. The summed E-state index contributed by atoms with van der Waals surface area (Å²) in [6, 6.07) is 10.6. The van der Waals surface area contributed by atoms with Crippen molar-refractivity contribution in [3.05, 3.63) is 35.9 Å². The Hall–Kier alpha value is -1.15. The molecule has 0 amide bonds. The van der Waals surface area contributed by atoms with Gasteiger partial charge in [0.2, 0.25) is 0 Å². The van der Waals surface area contributed by atoms with Crippen LogP contribution in [0.3, 0.4) is 0 Å². The van der Waals surface area contributed by atoms with Crippen molar-refractivity contribution in [3.8, 4) is 0 Å². The number of hydrogen-bond donors (Lipinski definition) is 0. The fourth-order valence-electron chi connectivity index (χ4n) is 3.43. The Morgan fingerprint density at radius 3 is 2.57 bits per heavy atom. The Kier molecular flexibility index (Phi) is 5.98. The van der Waals surface area contributed by atoms with Crippen molar-refractivity contribution in [3.63, 3.8) is 0 Å². The van der Waals surface area contributed by atoms with Crippen molar-refractivity contribution in [2.24, 2.45) is 17.8 Å². The summed E-state index contributed by atoms with van der Waals surface area (Å²) in [5.74, 6) is 1.65. The van der Waals surface area contributed by atoms with E-state index in [1.165, 1.54) is 12.0 Å². The van der Waals surface area contributed by atoms with Gasteiger partial charge in [0.1, 0.15) is 6.29 Å². The SMILES string of the molecule is CC[C@@H](C)C[C@H]1O[C@@H](CC=O)[C@H](Cc2ccccc2)[C@H]1C. The maximum Gasteiger partial charge on any atom is 0.122 e. The molecule has 1 aromatic rings. The van der Waals surface area contributed by atoms with E-state index in [2.05, 4.69) is 45.0 Å². The van der Waals surface area contributed by atoms with Gasteiger partial charge in [-0.3, -0.25) is 0 Å². The number of carbonyl (C=O) groups is 1. The van der Waals surface area contributed by atoms with E-state index in [0.717, 1.165) is 19.1 Å². The smallest absolute Gasteiger partial charge is 0.122 e.